The number of rotatable bonds is 5. The fourth-order valence-electron chi connectivity index (χ4n) is 2.42. The van der Waals surface area contributed by atoms with Crippen LogP contribution in [0.25, 0.3) is 16.3 Å². The van der Waals surface area contributed by atoms with E-state index in [4.69, 9.17) is 5.10 Å². The molecular formula is C19H14N4OS2. The Balaban J connectivity index is 1.63. The number of carbonyl (C=O) groups excluding carboxylic acids is 1. The first-order valence-corrected chi connectivity index (χ1v) is 9.63. The summed E-state index contributed by atoms with van der Waals surface area (Å²) in [6.45, 7) is 0. The second-order valence-electron chi connectivity index (χ2n) is 5.37. The molecule has 7 heteroatoms. The van der Waals surface area contributed by atoms with E-state index >= 15 is 0 Å². The molecule has 0 saturated heterocycles. The summed E-state index contributed by atoms with van der Waals surface area (Å²) >= 11 is 2.99. The van der Waals surface area contributed by atoms with Crippen molar-refractivity contribution in [2.75, 3.05) is 0 Å². The maximum Gasteiger partial charge on any atom is 0.281 e. The lowest BCUT2D eigenvalue weighted by Gasteiger charge is -1.98. The van der Waals surface area contributed by atoms with Gasteiger partial charge in [0.25, 0.3) is 5.91 Å². The van der Waals surface area contributed by atoms with E-state index in [2.05, 4.69) is 10.5 Å². The van der Waals surface area contributed by atoms with E-state index in [0.29, 0.717) is 4.88 Å². The Kier molecular flexibility index (Phi) is 4.72. The van der Waals surface area contributed by atoms with Gasteiger partial charge < -0.3 is 0 Å². The minimum Gasteiger partial charge on any atom is -0.266 e. The van der Waals surface area contributed by atoms with Crippen LogP contribution in [0.2, 0.25) is 0 Å². The van der Waals surface area contributed by atoms with Crippen molar-refractivity contribution in [2.24, 2.45) is 5.10 Å². The summed E-state index contributed by atoms with van der Waals surface area (Å²) in [4.78, 5) is 13.7. The molecular weight excluding hydrogens is 364 g/mol. The SMILES string of the molecule is O=C(N/N=C\c1cn(-c2ccccc2)nc1-c1cccs1)c1cccs1. The zero-order valence-corrected chi connectivity index (χ0v) is 15.2. The molecule has 3 heterocycles. The number of hydrogen-bond donors (Lipinski definition) is 1. The first kappa shape index (κ1) is 16.4. The van der Waals surface area contributed by atoms with E-state index < -0.39 is 0 Å². The van der Waals surface area contributed by atoms with Crippen molar-refractivity contribution in [3.63, 3.8) is 0 Å². The Labute approximate surface area is 158 Å². The third-order valence-corrected chi connectivity index (χ3v) is 5.38. The van der Waals surface area contributed by atoms with E-state index in [1.807, 2.05) is 70.2 Å². The van der Waals surface area contributed by atoms with E-state index in [0.717, 1.165) is 21.8 Å². The van der Waals surface area contributed by atoms with Crippen LogP contribution in [0.4, 0.5) is 0 Å². The van der Waals surface area contributed by atoms with E-state index in [1.165, 1.54) is 11.3 Å². The lowest BCUT2D eigenvalue weighted by Crippen LogP contribution is -2.16. The third-order valence-electron chi connectivity index (χ3n) is 3.63. The van der Waals surface area contributed by atoms with E-state index in [-0.39, 0.29) is 5.91 Å². The first-order chi connectivity index (χ1) is 12.8. The predicted molar refractivity (Wildman–Crippen MR) is 106 cm³/mol. The average Bonchev–Trinajstić information content (AvgIpc) is 3.42. The summed E-state index contributed by atoms with van der Waals surface area (Å²) in [5.41, 5.74) is 5.20. The molecule has 128 valence electrons. The van der Waals surface area contributed by atoms with Crippen molar-refractivity contribution in [3.05, 3.63) is 82.0 Å². The molecule has 4 aromatic rings. The number of para-hydroxylation sites is 1. The number of nitrogens with zero attached hydrogens (tertiary/aromatic N) is 3. The molecule has 26 heavy (non-hydrogen) atoms. The average molecular weight is 378 g/mol. The number of aromatic nitrogens is 2. The van der Waals surface area contributed by atoms with Gasteiger partial charge in [0.2, 0.25) is 0 Å². The molecule has 1 N–H and O–H groups in total. The van der Waals surface area contributed by atoms with Gasteiger partial charge in [-0.3, -0.25) is 4.79 Å². The van der Waals surface area contributed by atoms with Gasteiger partial charge in [-0.05, 0) is 35.0 Å². The second kappa shape index (κ2) is 7.47. The van der Waals surface area contributed by atoms with Crippen LogP contribution < -0.4 is 5.43 Å². The first-order valence-electron chi connectivity index (χ1n) is 7.87. The van der Waals surface area contributed by atoms with Crippen molar-refractivity contribution >= 4 is 34.8 Å². The summed E-state index contributed by atoms with van der Waals surface area (Å²) < 4.78 is 1.82. The molecule has 0 atom stereocenters. The molecule has 5 nitrogen and oxygen atoms in total. The van der Waals surface area contributed by atoms with Crippen molar-refractivity contribution in [1.82, 2.24) is 15.2 Å². The summed E-state index contributed by atoms with van der Waals surface area (Å²) in [6, 6.07) is 17.5. The number of thiophene rings is 2. The maximum atomic E-state index is 12.0. The highest BCUT2D eigenvalue weighted by atomic mass is 32.1. The molecule has 3 aromatic heterocycles. The lowest BCUT2D eigenvalue weighted by atomic mass is 10.2. The Bertz CT molecular complexity index is 1020. The van der Waals surface area contributed by atoms with Crippen LogP contribution in [-0.2, 0) is 0 Å². The zero-order chi connectivity index (χ0) is 17.8. The molecule has 0 aliphatic carbocycles. The molecule has 1 aromatic carbocycles. The van der Waals surface area contributed by atoms with Crippen molar-refractivity contribution in [3.8, 4) is 16.3 Å². The highest BCUT2D eigenvalue weighted by Gasteiger charge is 2.12. The molecule has 0 spiro atoms. The minimum atomic E-state index is -0.218. The fraction of sp³-hybridized carbons (Fsp3) is 0. The van der Waals surface area contributed by atoms with Crippen molar-refractivity contribution < 1.29 is 4.79 Å². The van der Waals surface area contributed by atoms with Gasteiger partial charge in [0.15, 0.2) is 0 Å². The largest absolute Gasteiger partial charge is 0.281 e. The van der Waals surface area contributed by atoms with Crippen molar-refractivity contribution in [1.29, 1.82) is 0 Å². The van der Waals surface area contributed by atoms with Gasteiger partial charge in [-0.1, -0.05) is 30.3 Å². The van der Waals surface area contributed by atoms with Gasteiger partial charge in [-0.25, -0.2) is 10.1 Å². The van der Waals surface area contributed by atoms with Crippen LogP contribution in [0, 0.1) is 0 Å². The topological polar surface area (TPSA) is 59.3 Å². The molecule has 0 fully saturated rings. The smallest absolute Gasteiger partial charge is 0.266 e. The number of hydrazone groups is 1. The van der Waals surface area contributed by atoms with Gasteiger partial charge in [0.05, 0.1) is 21.7 Å². The van der Waals surface area contributed by atoms with Crippen LogP contribution in [0.1, 0.15) is 15.2 Å². The Hall–Kier alpha value is -3.03. The Morgan fingerprint density at radius 1 is 1.04 bits per heavy atom. The summed E-state index contributed by atoms with van der Waals surface area (Å²) in [7, 11) is 0. The van der Waals surface area contributed by atoms with Gasteiger partial charge >= 0.3 is 0 Å². The summed E-state index contributed by atoms with van der Waals surface area (Å²) in [5.74, 6) is -0.218. The molecule has 0 radical (unpaired) electrons. The highest BCUT2D eigenvalue weighted by Crippen LogP contribution is 2.26. The Morgan fingerprint density at radius 3 is 2.58 bits per heavy atom. The molecule has 0 saturated carbocycles. The lowest BCUT2D eigenvalue weighted by molar-refractivity contribution is 0.0959. The maximum absolute atomic E-state index is 12.0. The van der Waals surface area contributed by atoms with Gasteiger partial charge in [-0.2, -0.15) is 10.2 Å². The van der Waals surface area contributed by atoms with Gasteiger partial charge in [0, 0.05) is 11.8 Å². The number of benzene rings is 1. The van der Waals surface area contributed by atoms with E-state index in [9.17, 15) is 4.79 Å². The molecule has 0 aliphatic rings. The van der Waals surface area contributed by atoms with Gasteiger partial charge in [-0.15, -0.1) is 22.7 Å². The molecule has 0 bridgehead atoms. The monoisotopic (exact) mass is 378 g/mol. The summed E-state index contributed by atoms with van der Waals surface area (Å²) in [5, 5.41) is 12.7. The van der Waals surface area contributed by atoms with Crippen LogP contribution in [0.5, 0.6) is 0 Å². The molecule has 1 amide bonds. The standard InChI is InChI=1S/C19H14N4OS2/c24-19(17-9-5-11-26-17)21-20-12-14-13-23(15-6-2-1-3-7-15)22-18(14)16-8-4-10-25-16/h1-13H,(H,21,24)/b20-12-. The Morgan fingerprint density at radius 2 is 1.85 bits per heavy atom. The quantitative estimate of drug-likeness (QED) is 0.413. The zero-order valence-electron chi connectivity index (χ0n) is 13.6. The predicted octanol–water partition coefficient (Wildman–Crippen LogP) is 4.43. The molecule has 4 rings (SSSR count). The summed E-state index contributed by atoms with van der Waals surface area (Å²) in [6.07, 6.45) is 3.54. The fourth-order valence-corrected chi connectivity index (χ4v) is 3.77. The van der Waals surface area contributed by atoms with Crippen LogP contribution in [-0.4, -0.2) is 21.9 Å². The molecule has 0 unspecified atom stereocenters. The van der Waals surface area contributed by atoms with E-state index in [1.54, 1.807) is 23.6 Å². The van der Waals surface area contributed by atoms with Gasteiger partial charge in [0.1, 0.15) is 5.69 Å². The normalized spacial score (nSPS) is 11.1. The second-order valence-corrected chi connectivity index (χ2v) is 7.26. The highest BCUT2D eigenvalue weighted by molar-refractivity contribution is 7.13. The van der Waals surface area contributed by atoms with Crippen molar-refractivity contribution in [2.45, 2.75) is 0 Å². The van der Waals surface area contributed by atoms with Crippen LogP contribution in [0.15, 0.2) is 76.7 Å². The number of amides is 1. The number of hydrogen-bond acceptors (Lipinski definition) is 5. The van der Waals surface area contributed by atoms with Crippen LogP contribution >= 0.6 is 22.7 Å². The number of carbonyl (C=O) groups is 1. The van der Waals surface area contributed by atoms with Crippen LogP contribution in [0.3, 0.4) is 0 Å². The number of nitrogens with one attached hydrogen (secondary N) is 1. The molecule has 0 aliphatic heterocycles. The third kappa shape index (κ3) is 3.49. The minimum absolute atomic E-state index is 0.218.